The Labute approximate surface area is 102 Å². The highest BCUT2D eigenvalue weighted by Crippen LogP contribution is 2.30. The first-order chi connectivity index (χ1) is 8.42. The summed E-state index contributed by atoms with van der Waals surface area (Å²) in [5, 5.41) is 15.0. The van der Waals surface area contributed by atoms with Crippen LogP contribution in [0.4, 0.5) is 19.0 Å². The Hall–Kier alpha value is -2.15. The maximum atomic E-state index is 12.0. The van der Waals surface area contributed by atoms with Crippen LogP contribution in [0.1, 0.15) is 0 Å². The molecule has 1 heterocycles. The Balaban J connectivity index is 3.58. The highest BCUT2D eigenvalue weighted by Gasteiger charge is 2.36. The summed E-state index contributed by atoms with van der Waals surface area (Å²) in [5.41, 5.74) is -1.54. The topological polar surface area (TPSA) is 145 Å². The fraction of sp³-hybridized carbons (Fsp3) is 0.167. The number of nitrogens with zero attached hydrogens (tertiary/aromatic N) is 1. The van der Waals surface area contributed by atoms with Gasteiger partial charge in [0.2, 0.25) is 15.8 Å². The average Bonchev–Trinajstić information content (AvgIpc) is 2.15. The van der Waals surface area contributed by atoms with Crippen molar-refractivity contribution in [3.05, 3.63) is 26.5 Å². The zero-order chi connectivity index (χ0) is 15.0. The van der Waals surface area contributed by atoms with Crippen LogP contribution in [-0.4, -0.2) is 24.7 Å². The molecule has 13 heteroatoms. The summed E-state index contributed by atoms with van der Waals surface area (Å²) >= 11 is 0. The highest BCUT2D eigenvalue weighted by molar-refractivity contribution is 7.89. The number of sulfonamides is 1. The number of aromatic amines is 1. The number of aromatic nitrogens is 1. The largest absolute Gasteiger partial charge is 0.573 e. The van der Waals surface area contributed by atoms with Gasteiger partial charge in [0.15, 0.2) is 4.90 Å². The third-order valence-electron chi connectivity index (χ3n) is 1.67. The summed E-state index contributed by atoms with van der Waals surface area (Å²) < 4.78 is 61.0. The van der Waals surface area contributed by atoms with E-state index in [0.29, 0.717) is 0 Å². The average molecular weight is 303 g/mol. The van der Waals surface area contributed by atoms with Crippen molar-refractivity contribution in [3.8, 4) is 5.75 Å². The molecule has 3 N–H and O–H groups in total. The minimum absolute atomic E-state index is 0.0276. The van der Waals surface area contributed by atoms with Gasteiger partial charge in [0.25, 0.3) is 0 Å². The van der Waals surface area contributed by atoms with Crippen molar-refractivity contribution < 1.29 is 31.2 Å². The van der Waals surface area contributed by atoms with Crippen LogP contribution in [0.3, 0.4) is 0 Å². The zero-order valence-corrected chi connectivity index (χ0v) is 9.41. The van der Waals surface area contributed by atoms with Crippen LogP contribution >= 0.6 is 0 Å². The first kappa shape index (κ1) is 14.9. The maximum absolute atomic E-state index is 12.0. The van der Waals surface area contributed by atoms with E-state index in [1.54, 1.807) is 0 Å². The van der Waals surface area contributed by atoms with Crippen LogP contribution in [0.2, 0.25) is 0 Å². The van der Waals surface area contributed by atoms with Crippen molar-refractivity contribution >= 4 is 15.8 Å². The number of nitrogens with two attached hydrogens (primary N) is 1. The summed E-state index contributed by atoms with van der Waals surface area (Å²) in [6, 6.07) is 0.0276. The summed E-state index contributed by atoms with van der Waals surface area (Å²) in [6.07, 6.45) is -5.32. The molecule has 0 fully saturated rings. The molecule has 0 aliphatic heterocycles. The molecule has 0 atom stereocenters. The smallest absolute Gasteiger partial charge is 0.397 e. The van der Waals surface area contributed by atoms with Gasteiger partial charge in [-0.25, -0.2) is 18.4 Å². The number of nitrogens with one attached hydrogen (secondary N) is 1. The summed E-state index contributed by atoms with van der Waals surface area (Å²) in [4.78, 5) is 20.2. The fourth-order valence-corrected chi connectivity index (χ4v) is 1.61. The Morgan fingerprint density at radius 3 is 2.32 bits per heavy atom. The Morgan fingerprint density at radius 1 is 1.42 bits per heavy atom. The number of H-pyrrole nitrogens is 1. The molecule has 0 aliphatic rings. The summed E-state index contributed by atoms with van der Waals surface area (Å²) in [5.74, 6) is -2.95. The lowest BCUT2D eigenvalue weighted by Gasteiger charge is -2.09. The number of nitro groups is 1. The molecule has 0 unspecified atom stereocenters. The van der Waals surface area contributed by atoms with Gasteiger partial charge in [-0.05, 0) is 4.92 Å². The normalized spacial score (nSPS) is 12.2. The van der Waals surface area contributed by atoms with Crippen molar-refractivity contribution in [1.82, 2.24) is 4.98 Å². The van der Waals surface area contributed by atoms with E-state index in [-0.39, 0.29) is 6.07 Å². The van der Waals surface area contributed by atoms with Crippen molar-refractivity contribution in [2.24, 2.45) is 5.14 Å². The van der Waals surface area contributed by atoms with Crippen molar-refractivity contribution in [2.75, 3.05) is 0 Å². The van der Waals surface area contributed by atoms with Crippen LogP contribution in [0.5, 0.6) is 5.75 Å². The summed E-state index contributed by atoms with van der Waals surface area (Å²) in [6.45, 7) is 0. The maximum Gasteiger partial charge on any atom is 0.573 e. The van der Waals surface area contributed by atoms with Gasteiger partial charge in [-0.15, -0.1) is 13.2 Å². The predicted octanol–water partition coefficient (Wildman–Crippen LogP) is -0.171. The van der Waals surface area contributed by atoms with E-state index < -0.39 is 43.3 Å². The Morgan fingerprint density at radius 2 is 1.95 bits per heavy atom. The van der Waals surface area contributed by atoms with Crippen molar-refractivity contribution in [1.29, 1.82) is 0 Å². The van der Waals surface area contributed by atoms with Crippen molar-refractivity contribution in [2.45, 2.75) is 11.3 Å². The molecule has 1 rings (SSSR count). The minimum Gasteiger partial charge on any atom is -0.397 e. The molecule has 0 amide bonds. The first-order valence-corrected chi connectivity index (χ1v) is 5.66. The van der Waals surface area contributed by atoms with Gasteiger partial charge in [-0.1, -0.05) is 0 Å². The third kappa shape index (κ3) is 3.65. The number of primary sulfonamides is 1. The molecule has 0 radical (unpaired) electrons. The molecule has 0 saturated heterocycles. The van der Waals surface area contributed by atoms with E-state index in [0.717, 1.165) is 0 Å². The van der Waals surface area contributed by atoms with Gasteiger partial charge in [0.05, 0.1) is 0 Å². The zero-order valence-electron chi connectivity index (χ0n) is 8.59. The van der Waals surface area contributed by atoms with Crippen LogP contribution in [-0.2, 0) is 10.0 Å². The number of pyridine rings is 1. The second-order valence-corrected chi connectivity index (χ2v) is 4.56. The minimum atomic E-state index is -5.32. The first-order valence-electron chi connectivity index (χ1n) is 4.12. The monoisotopic (exact) mass is 303 g/mol. The van der Waals surface area contributed by atoms with Crippen LogP contribution in [0.25, 0.3) is 0 Å². The number of ether oxygens (including phenoxy) is 1. The number of halogens is 3. The second kappa shape index (κ2) is 4.51. The van der Waals surface area contributed by atoms with Gasteiger partial charge in [-0.3, -0.25) is 0 Å². The molecular weight excluding hydrogens is 299 g/mol. The van der Waals surface area contributed by atoms with Gasteiger partial charge >= 0.3 is 17.7 Å². The number of hydrogen-bond acceptors (Lipinski definition) is 6. The lowest BCUT2D eigenvalue weighted by atomic mass is 10.4. The van der Waals surface area contributed by atoms with E-state index in [2.05, 4.69) is 9.88 Å². The Bertz CT molecular complexity index is 678. The standard InChI is InChI=1S/C6H4F3N3O6S/c7-6(8,9)18-2-1-3(19(10,16)17)5(13)11-4(2)12(14)15/h1H,(H,11,13)(H2,10,16,17). The summed E-state index contributed by atoms with van der Waals surface area (Å²) in [7, 11) is -4.67. The van der Waals surface area contributed by atoms with E-state index in [1.807, 2.05) is 0 Å². The molecule has 0 bridgehead atoms. The third-order valence-corrected chi connectivity index (χ3v) is 2.58. The highest BCUT2D eigenvalue weighted by atomic mass is 32.2. The van der Waals surface area contributed by atoms with E-state index in [9.17, 15) is 36.5 Å². The SMILES string of the molecule is NS(=O)(=O)c1cc(OC(F)(F)F)c([N+](=O)[O-])[nH]c1=O. The fourth-order valence-electron chi connectivity index (χ4n) is 1.03. The quantitative estimate of drug-likeness (QED) is 0.585. The number of rotatable bonds is 3. The van der Waals surface area contributed by atoms with Gasteiger partial charge < -0.3 is 14.9 Å². The number of hydrogen-bond donors (Lipinski definition) is 2. The number of alkyl halides is 3. The lowest BCUT2D eigenvalue weighted by molar-refractivity contribution is -0.393. The lowest BCUT2D eigenvalue weighted by Crippen LogP contribution is -2.26. The molecule has 0 aromatic carbocycles. The molecule has 19 heavy (non-hydrogen) atoms. The molecule has 106 valence electrons. The van der Waals surface area contributed by atoms with E-state index in [1.165, 1.54) is 4.98 Å². The van der Waals surface area contributed by atoms with Gasteiger partial charge in [0.1, 0.15) is 0 Å². The van der Waals surface area contributed by atoms with E-state index in [4.69, 9.17) is 0 Å². The van der Waals surface area contributed by atoms with Gasteiger partial charge in [-0.2, -0.15) is 4.98 Å². The molecule has 0 aliphatic carbocycles. The van der Waals surface area contributed by atoms with Crippen LogP contribution < -0.4 is 15.4 Å². The van der Waals surface area contributed by atoms with E-state index >= 15 is 0 Å². The van der Waals surface area contributed by atoms with Crippen molar-refractivity contribution in [3.63, 3.8) is 0 Å². The predicted molar refractivity (Wildman–Crippen MR) is 51.8 cm³/mol. The molecule has 1 aromatic heterocycles. The second-order valence-electron chi connectivity index (χ2n) is 3.03. The Kier molecular flexibility index (Phi) is 3.54. The molecule has 9 nitrogen and oxygen atoms in total. The van der Waals surface area contributed by atoms with Gasteiger partial charge in [0, 0.05) is 6.07 Å². The van der Waals surface area contributed by atoms with Crippen LogP contribution in [0, 0.1) is 10.1 Å². The molecule has 1 aromatic rings. The molecular formula is C6H4F3N3O6S. The molecule has 0 spiro atoms. The van der Waals surface area contributed by atoms with Crippen LogP contribution in [0.15, 0.2) is 15.8 Å². The molecule has 0 saturated carbocycles.